The molecule has 10 nitrogen and oxygen atoms in total. The van der Waals surface area contributed by atoms with Crippen molar-refractivity contribution in [3.63, 3.8) is 0 Å². The summed E-state index contributed by atoms with van der Waals surface area (Å²) in [7, 11) is -6.72. The van der Waals surface area contributed by atoms with Crippen molar-refractivity contribution in [1.82, 2.24) is 15.0 Å². The van der Waals surface area contributed by atoms with Gasteiger partial charge in [-0.05, 0) is 85.2 Å². The molecule has 0 aliphatic rings. The second-order valence-corrected chi connectivity index (χ2v) is 30.0. The molecule has 1 N–H and O–H groups in total. The Morgan fingerprint density at radius 1 is 0.895 bits per heavy atom. The first kappa shape index (κ1) is 46.1. The second kappa shape index (κ2) is 17.7. The summed E-state index contributed by atoms with van der Waals surface area (Å²) in [4.78, 5) is 14.1. The molecule has 2 aromatic heterocycles. The fourth-order valence-electron chi connectivity index (χ4n) is 7.35. The van der Waals surface area contributed by atoms with E-state index < -0.39 is 32.0 Å². The van der Waals surface area contributed by atoms with E-state index in [0.29, 0.717) is 56.3 Å². The maximum Gasteiger partial charge on any atom is 0.249 e. The predicted octanol–water partition coefficient (Wildman–Crippen LogP) is 10.5. The number of nitrogens with one attached hydrogen (secondary N) is 1. The van der Waals surface area contributed by atoms with Crippen LogP contribution in [-0.4, -0.2) is 78.7 Å². The maximum atomic E-state index is 16.3. The van der Waals surface area contributed by atoms with Crippen LogP contribution in [0.25, 0.3) is 32.9 Å². The van der Waals surface area contributed by atoms with Crippen LogP contribution in [0.3, 0.4) is 0 Å². The molecular weight excluding hydrogens is 776 g/mol. The van der Waals surface area contributed by atoms with E-state index in [1.54, 1.807) is 18.2 Å². The molecule has 4 aromatic rings. The predicted molar refractivity (Wildman–Crippen MR) is 236 cm³/mol. The average molecular weight is 839 g/mol. The highest BCUT2D eigenvalue weighted by Crippen LogP contribution is 2.43. The summed E-state index contributed by atoms with van der Waals surface area (Å²) >= 11 is 0. The number of halogens is 1. The Kier molecular flexibility index (Phi) is 14.3. The van der Waals surface area contributed by atoms with Crippen LogP contribution < -0.4 is 14.8 Å². The number of ether oxygens (including phenoxy) is 3. The van der Waals surface area contributed by atoms with Crippen LogP contribution >= 0.6 is 0 Å². The molecule has 0 fully saturated rings. The van der Waals surface area contributed by atoms with Crippen molar-refractivity contribution in [3.8, 4) is 34.4 Å². The number of rotatable bonds is 15. The van der Waals surface area contributed by atoms with Gasteiger partial charge in [0.1, 0.15) is 30.8 Å². The van der Waals surface area contributed by atoms with Crippen LogP contribution in [0.5, 0.6) is 11.6 Å². The van der Waals surface area contributed by atoms with Gasteiger partial charge in [-0.3, -0.25) is 0 Å². The van der Waals surface area contributed by atoms with E-state index in [9.17, 15) is 8.42 Å². The van der Waals surface area contributed by atoms with Crippen LogP contribution in [0.4, 0.5) is 10.2 Å². The zero-order chi connectivity index (χ0) is 42.8. The molecule has 0 unspecified atom stereocenters. The normalized spacial score (nSPS) is 13.5. The molecule has 1 atom stereocenters. The van der Waals surface area contributed by atoms with Crippen LogP contribution in [0.1, 0.15) is 88.6 Å². The first-order chi connectivity index (χ1) is 26.3. The fraction of sp³-hybridized carbons (Fsp3) is 0.558. The van der Waals surface area contributed by atoms with Crippen LogP contribution in [0, 0.1) is 17.3 Å². The summed E-state index contributed by atoms with van der Waals surface area (Å²) < 4.78 is 66.6. The number of methoxy groups -OCH3 is 1. The second-order valence-electron chi connectivity index (χ2n) is 17.8. The molecule has 0 radical (unpaired) electrons. The highest BCUT2D eigenvalue weighted by atomic mass is 32.2. The first-order valence-electron chi connectivity index (χ1n) is 19.8. The quantitative estimate of drug-likeness (QED) is 0.0536. The average Bonchev–Trinajstić information content (AvgIpc) is 3.08. The van der Waals surface area contributed by atoms with E-state index >= 15 is 4.39 Å². The summed E-state index contributed by atoms with van der Waals surface area (Å²) in [5.41, 5.74) is 6.11. The van der Waals surface area contributed by atoms with Crippen molar-refractivity contribution in [1.29, 1.82) is 0 Å². The molecular formula is C43H63FN4O6SSi2. The van der Waals surface area contributed by atoms with Gasteiger partial charge in [-0.25, -0.2) is 27.8 Å². The van der Waals surface area contributed by atoms with Crippen LogP contribution in [0.15, 0.2) is 35.5 Å². The topological polar surface area (TPSA) is 122 Å². The molecule has 4 rings (SSSR count). The van der Waals surface area contributed by atoms with Crippen molar-refractivity contribution in [2.45, 2.75) is 135 Å². The van der Waals surface area contributed by atoms with Gasteiger partial charge in [-0.2, -0.15) is 0 Å². The number of sulfone groups is 1. The van der Waals surface area contributed by atoms with E-state index in [1.807, 2.05) is 26.8 Å². The molecule has 0 aliphatic carbocycles. The third-order valence-electron chi connectivity index (χ3n) is 11.1. The molecule has 0 amide bonds. The standard InChI is InChI=1S/C43H63FN4O6SSi2/c1-26(2)53-41-39-37(47-42(55(14,49)50)48-40(39)45-24-30(9)54-56(15,16)43(10,11)12)23-36(46-41)34-22-32(52-25-51-13)21-31-17-18-35(44)33(38(31)34)19-20-57(27(3)4,28(5)6)29(7)8/h17-18,21-23,26-30H,24-25H2,1-16H3,(H,45,47,48)/t30-/m0/s1. The first-order valence-corrected chi connectivity index (χ1v) is 26.8. The Labute approximate surface area is 342 Å². The lowest BCUT2D eigenvalue weighted by molar-refractivity contribution is 0.0512. The lowest BCUT2D eigenvalue weighted by Gasteiger charge is -2.38. The third-order valence-corrected chi connectivity index (χ3v) is 22.8. The van der Waals surface area contributed by atoms with Crippen molar-refractivity contribution in [2.24, 2.45) is 0 Å². The fourth-order valence-corrected chi connectivity index (χ4v) is 14.5. The Morgan fingerprint density at radius 2 is 1.53 bits per heavy atom. The van der Waals surface area contributed by atoms with E-state index in [0.717, 1.165) is 6.26 Å². The SMILES string of the molecule is COCOc1cc(-c2cc3nc(S(C)(=O)=O)nc(NC[C@H](C)O[Si](C)(C)C(C)(C)C)c3c(OC(C)C)n2)c2c(C#C[Si](C(C)C)(C(C)C)C(C)C)c(F)ccc2c1. The van der Waals surface area contributed by atoms with Gasteiger partial charge >= 0.3 is 0 Å². The Balaban J connectivity index is 2.09. The summed E-state index contributed by atoms with van der Waals surface area (Å²) in [6.45, 7) is 30.3. The Morgan fingerprint density at radius 3 is 2.07 bits per heavy atom. The van der Waals surface area contributed by atoms with Gasteiger partial charge in [0.25, 0.3) is 0 Å². The van der Waals surface area contributed by atoms with Gasteiger partial charge in [0.05, 0.1) is 29.0 Å². The monoisotopic (exact) mass is 838 g/mol. The van der Waals surface area contributed by atoms with Crippen LogP contribution in [0.2, 0.25) is 34.8 Å². The molecule has 14 heteroatoms. The zero-order valence-corrected chi connectivity index (χ0v) is 39.6. The minimum atomic E-state index is -3.87. The van der Waals surface area contributed by atoms with Gasteiger partial charge in [0, 0.05) is 30.9 Å². The Hall–Kier alpha value is -3.62. The molecule has 0 saturated carbocycles. The van der Waals surface area contributed by atoms with Crippen molar-refractivity contribution in [2.75, 3.05) is 32.0 Å². The minimum absolute atomic E-state index is 0.00227. The van der Waals surface area contributed by atoms with Crippen molar-refractivity contribution in [3.05, 3.63) is 41.7 Å². The van der Waals surface area contributed by atoms with Crippen LogP contribution in [-0.2, 0) is 19.0 Å². The number of anilines is 1. The molecule has 0 spiro atoms. The highest BCUT2D eigenvalue weighted by molar-refractivity contribution is 7.90. The summed E-state index contributed by atoms with van der Waals surface area (Å²) in [5.74, 6) is 3.82. The molecule has 2 aromatic carbocycles. The lowest BCUT2D eigenvalue weighted by atomic mass is 9.96. The minimum Gasteiger partial charge on any atom is -0.474 e. The number of nitrogens with zero attached hydrogens (tertiary/aromatic N) is 3. The molecule has 0 aliphatic heterocycles. The van der Waals surface area contributed by atoms with Gasteiger partial charge in [0.15, 0.2) is 15.1 Å². The molecule has 0 bridgehead atoms. The van der Waals surface area contributed by atoms with Gasteiger partial charge in [-0.1, -0.05) is 74.3 Å². The highest BCUT2D eigenvalue weighted by Gasteiger charge is 2.42. The number of aromatic nitrogens is 3. The number of pyridine rings is 1. The number of hydrogen-bond donors (Lipinski definition) is 1. The largest absolute Gasteiger partial charge is 0.474 e. The van der Waals surface area contributed by atoms with E-state index in [1.165, 1.54) is 13.2 Å². The molecule has 57 heavy (non-hydrogen) atoms. The smallest absolute Gasteiger partial charge is 0.249 e. The van der Waals surface area contributed by atoms with Gasteiger partial charge in [-0.15, -0.1) is 5.54 Å². The summed E-state index contributed by atoms with van der Waals surface area (Å²) in [6.07, 6.45) is 0.521. The van der Waals surface area contributed by atoms with E-state index in [-0.39, 0.29) is 52.0 Å². The Bertz CT molecular complexity index is 2240. The third kappa shape index (κ3) is 10.2. The zero-order valence-electron chi connectivity index (χ0n) is 36.8. The van der Waals surface area contributed by atoms with E-state index in [2.05, 4.69) is 102 Å². The number of fused-ring (bicyclic) bond motifs is 2. The van der Waals surface area contributed by atoms with E-state index in [4.69, 9.17) is 23.6 Å². The molecule has 312 valence electrons. The van der Waals surface area contributed by atoms with Crippen molar-refractivity contribution >= 4 is 53.7 Å². The summed E-state index contributed by atoms with van der Waals surface area (Å²) in [5, 5.41) is 4.61. The van der Waals surface area contributed by atoms with Gasteiger partial charge < -0.3 is 24.0 Å². The maximum absolute atomic E-state index is 16.3. The summed E-state index contributed by atoms with van der Waals surface area (Å²) in [6, 6.07) is 8.41. The number of hydrogen-bond acceptors (Lipinski definition) is 10. The lowest BCUT2D eigenvalue weighted by Crippen LogP contribution is -2.44. The number of benzene rings is 2. The molecule has 2 heterocycles. The molecule has 0 saturated heterocycles. The van der Waals surface area contributed by atoms with Gasteiger partial charge in [0.2, 0.25) is 20.9 Å². The van der Waals surface area contributed by atoms with Crippen molar-refractivity contribution < 1.29 is 31.4 Å².